The van der Waals surface area contributed by atoms with Crippen LogP contribution in [0.15, 0.2) is 36.7 Å². The number of carbonyl (C=O) groups is 1. The van der Waals surface area contributed by atoms with Crippen LogP contribution >= 0.6 is 11.6 Å². The maximum atomic E-state index is 13.7. The molecular weight excluding hydrogens is 513 g/mol. The smallest absolute Gasteiger partial charge is 0.322 e. The van der Waals surface area contributed by atoms with E-state index >= 15 is 0 Å². The molecule has 1 saturated heterocycles. The fourth-order valence-electron chi connectivity index (χ4n) is 5.07. The molecule has 2 fully saturated rings. The molecule has 1 saturated carbocycles. The molecule has 1 aliphatic carbocycles. The first kappa shape index (κ1) is 26.2. The summed E-state index contributed by atoms with van der Waals surface area (Å²) in [6.07, 6.45) is 5.81. The number of hydrogen-bond donors (Lipinski definition) is 1. The van der Waals surface area contributed by atoms with Crippen LogP contribution in [0.2, 0.25) is 5.02 Å². The molecule has 0 spiro atoms. The highest BCUT2D eigenvalue weighted by atomic mass is 35.5. The molecule has 0 unspecified atom stereocenters. The number of aromatic nitrogens is 2. The summed E-state index contributed by atoms with van der Waals surface area (Å²) in [5, 5.41) is 3.88. The molecule has 38 heavy (non-hydrogen) atoms. The van der Waals surface area contributed by atoms with Gasteiger partial charge in [-0.1, -0.05) is 18.0 Å². The number of methoxy groups -OCH3 is 1. The molecule has 0 bridgehead atoms. The SMILES string of the molecule is COc1cc2ncnc(Nc3ccc(F)c(Cl)c3)c2cc1OC1(N(C)C(=O)N2CCOCC2)CCCCC1. The summed E-state index contributed by atoms with van der Waals surface area (Å²) in [5.41, 5.74) is 0.382. The predicted molar refractivity (Wildman–Crippen MR) is 143 cm³/mol. The average molecular weight is 544 g/mol. The maximum Gasteiger partial charge on any atom is 0.322 e. The van der Waals surface area contributed by atoms with Crippen molar-refractivity contribution in [3.05, 3.63) is 47.5 Å². The van der Waals surface area contributed by atoms with Gasteiger partial charge in [-0.05, 0) is 37.1 Å². The second kappa shape index (κ2) is 11.2. The van der Waals surface area contributed by atoms with E-state index < -0.39 is 11.5 Å². The van der Waals surface area contributed by atoms with Gasteiger partial charge in [-0.3, -0.25) is 4.90 Å². The maximum absolute atomic E-state index is 13.7. The van der Waals surface area contributed by atoms with Crippen molar-refractivity contribution in [2.24, 2.45) is 0 Å². The second-order valence-corrected chi connectivity index (χ2v) is 9.95. The van der Waals surface area contributed by atoms with E-state index in [0.29, 0.717) is 73.1 Å². The molecule has 202 valence electrons. The number of ether oxygens (including phenoxy) is 3. The standard InChI is InChI=1S/C27H31ClFN5O4/c1-33(26(35)34-10-12-37-13-11-34)27(8-4-3-5-9-27)38-24-15-19-22(16-23(24)36-2)30-17-31-25(19)32-18-6-7-21(29)20(28)14-18/h6-7,14-17H,3-5,8-13H2,1-2H3,(H,30,31,32). The van der Waals surface area contributed by atoms with Crippen LogP contribution in [0.1, 0.15) is 32.1 Å². The van der Waals surface area contributed by atoms with Crippen molar-refractivity contribution in [2.45, 2.75) is 37.8 Å². The number of fused-ring (bicyclic) bond motifs is 1. The largest absolute Gasteiger partial charge is 0.493 e. The van der Waals surface area contributed by atoms with E-state index in [0.717, 1.165) is 19.3 Å². The monoisotopic (exact) mass is 543 g/mol. The normalized spacial score (nSPS) is 17.2. The van der Waals surface area contributed by atoms with Gasteiger partial charge < -0.3 is 24.4 Å². The first-order chi connectivity index (χ1) is 18.4. The third-order valence-electron chi connectivity index (χ3n) is 7.22. The van der Waals surface area contributed by atoms with Crippen LogP contribution in [0.5, 0.6) is 11.5 Å². The summed E-state index contributed by atoms with van der Waals surface area (Å²) in [5.74, 6) is 0.988. The fourth-order valence-corrected chi connectivity index (χ4v) is 5.25. The zero-order chi connectivity index (χ0) is 26.7. The number of hydrogen-bond acceptors (Lipinski definition) is 7. The van der Waals surface area contributed by atoms with Gasteiger partial charge in [0.1, 0.15) is 18.0 Å². The number of morpholine rings is 1. The van der Waals surface area contributed by atoms with Gasteiger partial charge in [0, 0.05) is 50.1 Å². The highest BCUT2D eigenvalue weighted by Crippen LogP contribution is 2.42. The Balaban J connectivity index is 1.51. The Morgan fingerprint density at radius 1 is 1.13 bits per heavy atom. The van der Waals surface area contributed by atoms with Gasteiger partial charge in [0.05, 0.1) is 30.9 Å². The highest BCUT2D eigenvalue weighted by molar-refractivity contribution is 6.31. The zero-order valence-electron chi connectivity index (χ0n) is 21.5. The van der Waals surface area contributed by atoms with Gasteiger partial charge in [0.25, 0.3) is 0 Å². The van der Waals surface area contributed by atoms with Crippen molar-refractivity contribution in [2.75, 3.05) is 45.8 Å². The fraction of sp³-hybridized carbons (Fsp3) is 0.444. The van der Waals surface area contributed by atoms with Gasteiger partial charge in [0.15, 0.2) is 17.2 Å². The lowest BCUT2D eigenvalue weighted by Crippen LogP contribution is -2.59. The number of nitrogens with one attached hydrogen (secondary N) is 1. The summed E-state index contributed by atoms with van der Waals surface area (Å²) < 4.78 is 31.5. The average Bonchev–Trinajstić information content (AvgIpc) is 2.95. The van der Waals surface area contributed by atoms with Crippen LogP contribution in [0.25, 0.3) is 10.9 Å². The molecule has 1 aliphatic heterocycles. The highest BCUT2D eigenvalue weighted by Gasteiger charge is 2.43. The first-order valence-electron chi connectivity index (χ1n) is 12.7. The van der Waals surface area contributed by atoms with Crippen LogP contribution in [-0.4, -0.2) is 72.0 Å². The number of amides is 2. The van der Waals surface area contributed by atoms with Crippen molar-refractivity contribution in [1.82, 2.24) is 19.8 Å². The number of urea groups is 1. The van der Waals surface area contributed by atoms with Crippen LogP contribution in [0, 0.1) is 5.82 Å². The van der Waals surface area contributed by atoms with Crippen molar-refractivity contribution >= 4 is 40.0 Å². The van der Waals surface area contributed by atoms with E-state index in [1.165, 1.54) is 18.5 Å². The van der Waals surface area contributed by atoms with E-state index in [4.69, 9.17) is 25.8 Å². The topological polar surface area (TPSA) is 89.1 Å². The minimum absolute atomic E-state index is 0.00580. The Kier molecular flexibility index (Phi) is 7.71. The van der Waals surface area contributed by atoms with Crippen LogP contribution in [0.3, 0.4) is 0 Å². The summed E-state index contributed by atoms with van der Waals surface area (Å²) in [7, 11) is 3.38. The van der Waals surface area contributed by atoms with Crippen LogP contribution in [-0.2, 0) is 4.74 Å². The Labute approximate surface area is 225 Å². The number of nitrogens with zero attached hydrogens (tertiary/aromatic N) is 4. The third-order valence-corrected chi connectivity index (χ3v) is 7.51. The van der Waals surface area contributed by atoms with Crippen molar-refractivity contribution in [3.63, 3.8) is 0 Å². The zero-order valence-corrected chi connectivity index (χ0v) is 22.3. The van der Waals surface area contributed by atoms with Crippen molar-refractivity contribution in [3.8, 4) is 11.5 Å². The summed E-state index contributed by atoms with van der Waals surface area (Å²) in [6, 6.07) is 7.91. The molecule has 5 rings (SSSR count). The molecule has 1 N–H and O–H groups in total. The molecule has 11 heteroatoms. The van der Waals surface area contributed by atoms with Crippen molar-refractivity contribution < 1.29 is 23.4 Å². The number of carbonyl (C=O) groups excluding carboxylic acids is 1. The number of anilines is 2. The molecule has 2 aromatic carbocycles. The van der Waals surface area contributed by atoms with Gasteiger partial charge in [-0.15, -0.1) is 0 Å². The van der Waals surface area contributed by atoms with Gasteiger partial charge in [-0.2, -0.15) is 0 Å². The Morgan fingerprint density at radius 2 is 1.89 bits per heavy atom. The molecule has 2 amide bonds. The molecule has 3 aromatic rings. The molecule has 0 atom stereocenters. The minimum Gasteiger partial charge on any atom is -0.493 e. The molecule has 0 radical (unpaired) electrons. The van der Waals surface area contributed by atoms with Crippen LogP contribution < -0.4 is 14.8 Å². The van der Waals surface area contributed by atoms with E-state index in [-0.39, 0.29) is 11.1 Å². The Morgan fingerprint density at radius 3 is 2.61 bits per heavy atom. The lowest BCUT2D eigenvalue weighted by atomic mass is 9.90. The second-order valence-electron chi connectivity index (χ2n) is 9.55. The summed E-state index contributed by atoms with van der Waals surface area (Å²) >= 11 is 5.97. The summed E-state index contributed by atoms with van der Waals surface area (Å²) in [6.45, 7) is 2.17. The lowest BCUT2D eigenvalue weighted by molar-refractivity contribution is -0.0834. The van der Waals surface area contributed by atoms with Gasteiger partial charge in [0.2, 0.25) is 0 Å². The Bertz CT molecular complexity index is 1310. The quantitative estimate of drug-likeness (QED) is 0.405. The van der Waals surface area contributed by atoms with E-state index in [2.05, 4.69) is 15.3 Å². The van der Waals surface area contributed by atoms with Gasteiger partial charge >= 0.3 is 6.03 Å². The first-order valence-corrected chi connectivity index (χ1v) is 13.1. The lowest BCUT2D eigenvalue weighted by Gasteiger charge is -2.46. The molecular formula is C27H31ClFN5O4. The molecule has 2 aliphatic rings. The van der Waals surface area contributed by atoms with Crippen molar-refractivity contribution in [1.29, 1.82) is 0 Å². The van der Waals surface area contributed by atoms with E-state index in [1.807, 2.05) is 18.0 Å². The number of benzene rings is 2. The third kappa shape index (κ3) is 5.28. The minimum atomic E-state index is -0.831. The van der Waals surface area contributed by atoms with E-state index in [9.17, 15) is 9.18 Å². The molecule has 2 heterocycles. The predicted octanol–water partition coefficient (Wildman–Crippen LogP) is 5.60. The Hall–Kier alpha value is -3.37. The van der Waals surface area contributed by atoms with Crippen LogP contribution in [0.4, 0.5) is 20.7 Å². The number of rotatable bonds is 6. The van der Waals surface area contributed by atoms with Gasteiger partial charge in [-0.25, -0.2) is 19.2 Å². The van der Waals surface area contributed by atoms with E-state index in [1.54, 1.807) is 24.1 Å². The molecule has 9 nitrogen and oxygen atoms in total. The molecule has 1 aromatic heterocycles. The number of halogens is 2. The summed E-state index contributed by atoms with van der Waals surface area (Å²) in [4.78, 5) is 25.8.